The van der Waals surface area contributed by atoms with Crippen LogP contribution in [0.5, 0.6) is 0 Å². The summed E-state index contributed by atoms with van der Waals surface area (Å²) in [5.74, 6) is 0.240. The molecule has 1 aromatic rings. The summed E-state index contributed by atoms with van der Waals surface area (Å²) < 4.78 is 6.82. The predicted molar refractivity (Wildman–Crippen MR) is 83.4 cm³/mol. The maximum atomic E-state index is 12.1. The van der Waals surface area contributed by atoms with E-state index >= 15 is 0 Å². The van der Waals surface area contributed by atoms with E-state index in [1.54, 1.807) is 0 Å². The zero-order valence-corrected chi connectivity index (χ0v) is 13.1. The van der Waals surface area contributed by atoms with E-state index in [0.29, 0.717) is 12.5 Å². The van der Waals surface area contributed by atoms with Gasteiger partial charge in [-0.05, 0) is 72.0 Å². The minimum atomic E-state index is 0.240. The van der Waals surface area contributed by atoms with Gasteiger partial charge < -0.3 is 9.64 Å². The van der Waals surface area contributed by atoms with Crippen LogP contribution >= 0.6 is 22.6 Å². The van der Waals surface area contributed by atoms with Crippen LogP contribution in [0.1, 0.15) is 31.2 Å². The zero-order chi connectivity index (χ0) is 13.2. The van der Waals surface area contributed by atoms with Crippen LogP contribution in [0.25, 0.3) is 0 Å². The normalized spacial score (nSPS) is 22.1. The van der Waals surface area contributed by atoms with Crippen molar-refractivity contribution in [2.45, 2.75) is 38.2 Å². The second-order valence-electron chi connectivity index (χ2n) is 5.27. The van der Waals surface area contributed by atoms with Crippen LogP contribution in [0, 0.1) is 3.57 Å². The van der Waals surface area contributed by atoms with Gasteiger partial charge in [0.15, 0.2) is 0 Å². The Morgan fingerprint density at radius 3 is 3.11 bits per heavy atom. The molecule has 1 aromatic carbocycles. The van der Waals surface area contributed by atoms with Crippen LogP contribution in [0.4, 0.5) is 5.69 Å². The summed E-state index contributed by atoms with van der Waals surface area (Å²) in [6.45, 7) is 1.74. The summed E-state index contributed by atoms with van der Waals surface area (Å²) in [4.78, 5) is 14.0. The van der Waals surface area contributed by atoms with Crippen LogP contribution in [0.15, 0.2) is 18.2 Å². The fourth-order valence-electron chi connectivity index (χ4n) is 2.95. The van der Waals surface area contributed by atoms with E-state index in [1.165, 1.54) is 22.0 Å². The number of rotatable bonds is 4. The van der Waals surface area contributed by atoms with Crippen molar-refractivity contribution in [1.82, 2.24) is 0 Å². The molecule has 2 aliphatic rings. The lowest BCUT2D eigenvalue weighted by Crippen LogP contribution is -2.28. The van der Waals surface area contributed by atoms with Gasteiger partial charge in [0, 0.05) is 22.4 Å². The van der Waals surface area contributed by atoms with Crippen molar-refractivity contribution in [3.63, 3.8) is 0 Å². The number of fused-ring (bicyclic) bond motifs is 1. The highest BCUT2D eigenvalue weighted by atomic mass is 127. The van der Waals surface area contributed by atoms with Gasteiger partial charge in [0.1, 0.15) is 0 Å². The minimum absolute atomic E-state index is 0.240. The van der Waals surface area contributed by atoms with Crippen LogP contribution < -0.4 is 4.90 Å². The summed E-state index contributed by atoms with van der Waals surface area (Å²) in [5, 5.41) is 0. The first-order chi connectivity index (χ1) is 9.24. The molecule has 0 aromatic heterocycles. The molecule has 2 aliphatic heterocycles. The van der Waals surface area contributed by atoms with Gasteiger partial charge in [0.2, 0.25) is 5.91 Å². The predicted octanol–water partition coefficient (Wildman–Crippen LogP) is 3.14. The van der Waals surface area contributed by atoms with Crippen LogP contribution in [0.3, 0.4) is 0 Å². The second kappa shape index (κ2) is 5.79. The number of benzene rings is 1. The number of amides is 1. The van der Waals surface area contributed by atoms with Gasteiger partial charge in [0.25, 0.3) is 0 Å². The molecule has 4 heteroatoms. The molecule has 0 spiro atoms. The monoisotopic (exact) mass is 371 g/mol. The van der Waals surface area contributed by atoms with Crippen molar-refractivity contribution in [3.05, 3.63) is 27.3 Å². The van der Waals surface area contributed by atoms with Crippen molar-refractivity contribution in [1.29, 1.82) is 0 Å². The molecule has 1 unspecified atom stereocenters. The molecule has 3 rings (SSSR count). The Labute approximate surface area is 127 Å². The number of hydrogen-bond acceptors (Lipinski definition) is 2. The quantitative estimate of drug-likeness (QED) is 0.762. The average Bonchev–Trinajstić information content (AvgIpc) is 2.98. The maximum absolute atomic E-state index is 12.1. The van der Waals surface area contributed by atoms with Crippen molar-refractivity contribution in [3.8, 4) is 0 Å². The Balaban J connectivity index is 1.60. The maximum Gasteiger partial charge on any atom is 0.231 e. The molecule has 0 N–H and O–H groups in total. The van der Waals surface area contributed by atoms with Crippen molar-refractivity contribution in [2.24, 2.45) is 0 Å². The highest BCUT2D eigenvalue weighted by molar-refractivity contribution is 14.1. The lowest BCUT2D eigenvalue weighted by atomic mass is 10.1. The molecule has 1 atom stereocenters. The van der Waals surface area contributed by atoms with Crippen molar-refractivity contribution < 1.29 is 9.53 Å². The van der Waals surface area contributed by atoms with Gasteiger partial charge in [-0.1, -0.05) is 0 Å². The van der Waals surface area contributed by atoms with Crippen molar-refractivity contribution in [2.75, 3.05) is 18.1 Å². The summed E-state index contributed by atoms with van der Waals surface area (Å²) >= 11 is 2.30. The molecule has 0 radical (unpaired) electrons. The Hall–Kier alpha value is -0.620. The molecule has 19 heavy (non-hydrogen) atoms. The van der Waals surface area contributed by atoms with Gasteiger partial charge in [0.05, 0.1) is 12.5 Å². The van der Waals surface area contributed by atoms with Crippen LogP contribution in [0.2, 0.25) is 0 Å². The van der Waals surface area contributed by atoms with Crippen LogP contribution in [-0.4, -0.2) is 25.2 Å². The van der Waals surface area contributed by atoms with Crippen molar-refractivity contribution >= 4 is 34.2 Å². The van der Waals surface area contributed by atoms with E-state index in [9.17, 15) is 4.79 Å². The standard InChI is InChI=1S/C15H18INO2/c16-12-5-6-14-11(9-12)10-15(18)17(14)7-1-3-13-4-2-8-19-13/h5-6,9,13H,1-4,7-8,10H2. The largest absolute Gasteiger partial charge is 0.378 e. The highest BCUT2D eigenvalue weighted by Crippen LogP contribution is 2.30. The van der Waals surface area contributed by atoms with Gasteiger partial charge in [-0.2, -0.15) is 0 Å². The smallest absolute Gasteiger partial charge is 0.231 e. The van der Waals surface area contributed by atoms with E-state index in [1.807, 2.05) is 4.90 Å². The molecule has 102 valence electrons. The van der Waals surface area contributed by atoms with Gasteiger partial charge in [-0.3, -0.25) is 4.79 Å². The lowest BCUT2D eigenvalue weighted by molar-refractivity contribution is -0.117. The summed E-state index contributed by atoms with van der Waals surface area (Å²) in [5.41, 5.74) is 2.28. The number of hydrogen-bond donors (Lipinski definition) is 0. The third-order valence-corrected chi connectivity index (χ3v) is 4.58. The fourth-order valence-corrected chi connectivity index (χ4v) is 3.50. The topological polar surface area (TPSA) is 29.5 Å². The summed E-state index contributed by atoms with van der Waals surface area (Å²) in [6, 6.07) is 6.27. The molecular weight excluding hydrogens is 353 g/mol. The third-order valence-electron chi connectivity index (χ3n) is 3.91. The molecule has 1 saturated heterocycles. The van der Waals surface area contributed by atoms with Gasteiger partial charge in [-0.15, -0.1) is 0 Å². The highest BCUT2D eigenvalue weighted by Gasteiger charge is 2.27. The molecule has 0 bridgehead atoms. The third kappa shape index (κ3) is 2.94. The molecule has 0 aliphatic carbocycles. The first kappa shape index (κ1) is 13.4. The van der Waals surface area contributed by atoms with E-state index in [2.05, 4.69) is 40.8 Å². The molecule has 1 fully saturated rings. The Morgan fingerprint density at radius 2 is 2.32 bits per heavy atom. The first-order valence-electron chi connectivity index (χ1n) is 6.94. The van der Waals surface area contributed by atoms with Crippen LogP contribution in [-0.2, 0) is 16.0 Å². The summed E-state index contributed by atoms with van der Waals surface area (Å²) in [6.07, 6.45) is 5.46. The van der Waals surface area contributed by atoms with E-state index < -0.39 is 0 Å². The van der Waals surface area contributed by atoms with E-state index in [4.69, 9.17) is 4.74 Å². The number of carbonyl (C=O) groups is 1. The molecular formula is C15H18INO2. The number of nitrogens with zero attached hydrogens (tertiary/aromatic N) is 1. The first-order valence-corrected chi connectivity index (χ1v) is 8.02. The molecule has 2 heterocycles. The number of anilines is 1. The Kier molecular flexibility index (Phi) is 4.07. The SMILES string of the molecule is O=C1Cc2cc(I)ccc2N1CCCC1CCCO1. The Morgan fingerprint density at radius 1 is 1.42 bits per heavy atom. The summed E-state index contributed by atoms with van der Waals surface area (Å²) in [7, 11) is 0. The van der Waals surface area contributed by atoms with E-state index in [-0.39, 0.29) is 5.91 Å². The fraction of sp³-hybridized carbons (Fsp3) is 0.533. The number of ether oxygens (including phenoxy) is 1. The average molecular weight is 371 g/mol. The second-order valence-corrected chi connectivity index (χ2v) is 6.52. The number of halogens is 1. The Bertz CT molecular complexity index is 483. The van der Waals surface area contributed by atoms with Gasteiger partial charge >= 0.3 is 0 Å². The lowest BCUT2D eigenvalue weighted by Gasteiger charge is -2.18. The van der Waals surface area contributed by atoms with E-state index in [0.717, 1.165) is 31.7 Å². The minimum Gasteiger partial charge on any atom is -0.378 e. The molecule has 0 saturated carbocycles. The van der Waals surface area contributed by atoms with Gasteiger partial charge in [-0.25, -0.2) is 0 Å². The molecule has 1 amide bonds. The zero-order valence-electron chi connectivity index (χ0n) is 10.9. The molecule has 3 nitrogen and oxygen atoms in total. The number of carbonyl (C=O) groups excluding carboxylic acids is 1.